The Morgan fingerprint density at radius 1 is 1.25 bits per heavy atom. The molecular formula is C16H20F2N2. The Bertz CT molecular complexity index is 499. The van der Waals surface area contributed by atoms with Crippen molar-refractivity contribution in [3.05, 3.63) is 34.9 Å². The van der Waals surface area contributed by atoms with Gasteiger partial charge in [-0.2, -0.15) is 5.26 Å². The molecule has 2 rings (SSSR count). The fraction of sp³-hybridized carbons (Fsp3) is 0.562. The van der Waals surface area contributed by atoms with Gasteiger partial charge in [0.25, 0.3) is 0 Å². The number of rotatable bonds is 3. The predicted octanol–water partition coefficient (Wildman–Crippen LogP) is 3.75. The molecule has 0 amide bonds. The number of hydrogen-bond donors (Lipinski definition) is 1. The molecule has 0 spiro atoms. The lowest BCUT2D eigenvalue weighted by Crippen LogP contribution is -2.38. The van der Waals surface area contributed by atoms with E-state index in [1.54, 1.807) is 6.07 Å². The van der Waals surface area contributed by atoms with E-state index in [1.165, 1.54) is 0 Å². The standard InChI is InChI=1S/C16H20F2N2/c1-10-3-4-16(11(2)5-10)20-9-13-14(17)6-12(8-19)7-15(13)18/h6-7,10-11,16,20H,3-5,9H2,1-2H3. The van der Waals surface area contributed by atoms with Crippen molar-refractivity contribution in [2.45, 2.75) is 45.7 Å². The normalized spacial score (nSPS) is 26.2. The highest BCUT2D eigenvalue weighted by atomic mass is 19.1. The second-order valence-corrected chi connectivity index (χ2v) is 5.91. The third-order valence-electron chi connectivity index (χ3n) is 4.24. The molecule has 1 saturated carbocycles. The van der Waals surface area contributed by atoms with Crippen LogP contribution in [0.5, 0.6) is 0 Å². The van der Waals surface area contributed by atoms with Crippen molar-refractivity contribution < 1.29 is 8.78 Å². The topological polar surface area (TPSA) is 35.8 Å². The minimum Gasteiger partial charge on any atom is -0.309 e. The van der Waals surface area contributed by atoms with Gasteiger partial charge in [0, 0.05) is 18.2 Å². The lowest BCUT2D eigenvalue weighted by atomic mass is 9.80. The highest BCUT2D eigenvalue weighted by Crippen LogP contribution is 2.29. The first-order chi connectivity index (χ1) is 9.51. The van der Waals surface area contributed by atoms with Crippen LogP contribution in [0.2, 0.25) is 0 Å². The maximum Gasteiger partial charge on any atom is 0.131 e. The summed E-state index contributed by atoms with van der Waals surface area (Å²) < 4.78 is 27.6. The van der Waals surface area contributed by atoms with Crippen molar-refractivity contribution in [3.8, 4) is 6.07 Å². The summed E-state index contributed by atoms with van der Waals surface area (Å²) >= 11 is 0. The van der Waals surface area contributed by atoms with Crippen molar-refractivity contribution in [1.29, 1.82) is 5.26 Å². The maximum absolute atomic E-state index is 13.8. The third kappa shape index (κ3) is 3.34. The monoisotopic (exact) mass is 278 g/mol. The molecule has 1 fully saturated rings. The third-order valence-corrected chi connectivity index (χ3v) is 4.24. The Hall–Kier alpha value is -1.47. The Morgan fingerprint density at radius 3 is 2.45 bits per heavy atom. The highest BCUT2D eigenvalue weighted by Gasteiger charge is 2.25. The van der Waals surface area contributed by atoms with Crippen LogP contribution in [-0.2, 0) is 6.54 Å². The largest absolute Gasteiger partial charge is 0.309 e. The van der Waals surface area contributed by atoms with Crippen LogP contribution >= 0.6 is 0 Å². The van der Waals surface area contributed by atoms with Crippen LogP contribution in [0, 0.1) is 34.8 Å². The van der Waals surface area contributed by atoms with Crippen LogP contribution in [0.15, 0.2) is 12.1 Å². The lowest BCUT2D eigenvalue weighted by molar-refractivity contribution is 0.226. The van der Waals surface area contributed by atoms with Crippen LogP contribution in [0.1, 0.15) is 44.2 Å². The van der Waals surface area contributed by atoms with Crippen molar-refractivity contribution in [2.75, 3.05) is 0 Å². The first kappa shape index (κ1) is 14.9. The van der Waals surface area contributed by atoms with E-state index in [9.17, 15) is 8.78 Å². The van der Waals surface area contributed by atoms with Gasteiger partial charge in [0.2, 0.25) is 0 Å². The van der Waals surface area contributed by atoms with Gasteiger partial charge >= 0.3 is 0 Å². The number of hydrogen-bond acceptors (Lipinski definition) is 2. The molecular weight excluding hydrogens is 258 g/mol. The molecule has 1 aliphatic rings. The summed E-state index contributed by atoms with van der Waals surface area (Å²) in [6, 6.07) is 4.24. The second-order valence-electron chi connectivity index (χ2n) is 5.91. The first-order valence-corrected chi connectivity index (χ1v) is 7.12. The van der Waals surface area contributed by atoms with Crippen molar-refractivity contribution in [1.82, 2.24) is 5.32 Å². The summed E-state index contributed by atoms with van der Waals surface area (Å²) in [4.78, 5) is 0. The molecule has 0 aliphatic heterocycles. The van der Waals surface area contributed by atoms with Crippen LogP contribution < -0.4 is 5.32 Å². The number of nitrogens with one attached hydrogen (secondary N) is 1. The van der Waals surface area contributed by atoms with Gasteiger partial charge < -0.3 is 5.32 Å². The van der Waals surface area contributed by atoms with E-state index in [0.29, 0.717) is 12.0 Å². The van der Waals surface area contributed by atoms with Crippen LogP contribution in [-0.4, -0.2) is 6.04 Å². The van der Waals surface area contributed by atoms with Crippen molar-refractivity contribution >= 4 is 0 Å². The van der Waals surface area contributed by atoms with Gasteiger partial charge in [-0.05, 0) is 43.2 Å². The smallest absolute Gasteiger partial charge is 0.131 e. The zero-order valence-corrected chi connectivity index (χ0v) is 11.9. The van der Waals surface area contributed by atoms with E-state index in [-0.39, 0.29) is 17.7 Å². The Balaban J connectivity index is 2.03. The van der Waals surface area contributed by atoms with Crippen molar-refractivity contribution in [2.24, 2.45) is 11.8 Å². The summed E-state index contributed by atoms with van der Waals surface area (Å²) in [5.74, 6) is -0.0496. The molecule has 1 aromatic rings. The van der Waals surface area contributed by atoms with Crippen LogP contribution in [0.4, 0.5) is 8.78 Å². The highest BCUT2D eigenvalue weighted by molar-refractivity contribution is 5.34. The molecule has 2 nitrogen and oxygen atoms in total. The van der Waals surface area contributed by atoms with Crippen molar-refractivity contribution in [3.63, 3.8) is 0 Å². The van der Waals surface area contributed by atoms with Crippen LogP contribution in [0.3, 0.4) is 0 Å². The average molecular weight is 278 g/mol. The summed E-state index contributed by atoms with van der Waals surface area (Å²) in [5, 5.41) is 11.9. The molecule has 0 saturated heterocycles. The van der Waals surface area contributed by atoms with Crippen LogP contribution in [0.25, 0.3) is 0 Å². The number of benzene rings is 1. The summed E-state index contributed by atoms with van der Waals surface area (Å²) in [5.41, 5.74) is 0.0402. The van der Waals surface area contributed by atoms with Gasteiger partial charge in [-0.1, -0.05) is 13.8 Å². The molecule has 3 atom stereocenters. The minimum absolute atomic E-state index is 0.0172. The number of halogens is 2. The van der Waals surface area contributed by atoms with Gasteiger partial charge in [-0.15, -0.1) is 0 Å². The molecule has 108 valence electrons. The van der Waals surface area contributed by atoms with E-state index in [0.717, 1.165) is 37.3 Å². The predicted molar refractivity (Wildman–Crippen MR) is 73.9 cm³/mol. The summed E-state index contributed by atoms with van der Waals surface area (Å²) in [6.07, 6.45) is 3.35. The molecule has 1 aromatic carbocycles. The minimum atomic E-state index is -0.647. The zero-order valence-electron chi connectivity index (χ0n) is 11.9. The quantitative estimate of drug-likeness (QED) is 0.914. The summed E-state index contributed by atoms with van der Waals surface area (Å²) in [7, 11) is 0. The Kier molecular flexibility index (Phi) is 4.72. The van der Waals surface area contributed by atoms with Gasteiger partial charge in [0.15, 0.2) is 0 Å². The van der Waals surface area contributed by atoms with Gasteiger partial charge in [0.1, 0.15) is 11.6 Å². The fourth-order valence-corrected chi connectivity index (χ4v) is 3.04. The molecule has 3 unspecified atom stereocenters. The number of nitriles is 1. The van der Waals surface area contributed by atoms with Gasteiger partial charge in [-0.3, -0.25) is 0 Å². The zero-order chi connectivity index (χ0) is 14.7. The summed E-state index contributed by atoms with van der Waals surface area (Å²) in [6.45, 7) is 4.60. The van der Waals surface area contributed by atoms with Gasteiger partial charge in [-0.25, -0.2) is 8.78 Å². The molecule has 0 heterocycles. The molecule has 1 N–H and O–H groups in total. The van der Waals surface area contributed by atoms with E-state index >= 15 is 0 Å². The van der Waals surface area contributed by atoms with E-state index in [4.69, 9.17) is 5.26 Å². The first-order valence-electron chi connectivity index (χ1n) is 7.12. The number of nitrogens with zero attached hydrogens (tertiary/aromatic N) is 1. The maximum atomic E-state index is 13.8. The molecule has 0 bridgehead atoms. The fourth-order valence-electron chi connectivity index (χ4n) is 3.04. The second kappa shape index (κ2) is 6.32. The average Bonchev–Trinajstić information content (AvgIpc) is 2.39. The lowest BCUT2D eigenvalue weighted by Gasteiger charge is -2.33. The molecule has 0 aromatic heterocycles. The van der Waals surface area contributed by atoms with E-state index in [2.05, 4.69) is 19.2 Å². The Labute approximate surface area is 118 Å². The van der Waals surface area contributed by atoms with E-state index < -0.39 is 11.6 Å². The van der Waals surface area contributed by atoms with E-state index in [1.807, 2.05) is 0 Å². The molecule has 0 radical (unpaired) electrons. The molecule has 1 aliphatic carbocycles. The molecule has 20 heavy (non-hydrogen) atoms. The SMILES string of the molecule is CC1CCC(NCc2c(F)cc(C#N)cc2F)C(C)C1. The molecule has 4 heteroatoms. The Morgan fingerprint density at radius 2 is 1.90 bits per heavy atom. The van der Waals surface area contributed by atoms with Gasteiger partial charge in [0.05, 0.1) is 11.6 Å².